The highest BCUT2D eigenvalue weighted by Gasteiger charge is 2.46. The predicted molar refractivity (Wildman–Crippen MR) is 82.8 cm³/mol. The number of thioether (sulfide) groups is 1. The first-order valence-corrected chi connectivity index (χ1v) is 8.58. The summed E-state index contributed by atoms with van der Waals surface area (Å²) in [5.74, 6) is 2.98. The molecule has 0 radical (unpaired) electrons. The molecule has 2 heterocycles. The lowest BCUT2D eigenvalue weighted by atomic mass is 9.77. The number of hydrogen-bond donors (Lipinski definition) is 1. The molecule has 3 rings (SSSR count). The second kappa shape index (κ2) is 4.68. The van der Waals surface area contributed by atoms with Crippen LogP contribution >= 0.6 is 27.7 Å². The summed E-state index contributed by atoms with van der Waals surface area (Å²) in [6.45, 7) is 4.57. The van der Waals surface area contributed by atoms with Gasteiger partial charge in [-0.2, -0.15) is 11.8 Å². The van der Waals surface area contributed by atoms with Crippen LogP contribution < -0.4 is 4.74 Å². The SMILES string of the molecule is CC1(C)CSCC2(C[C@@H](O)c3ccc(Br)cc3O2)C1. The largest absolute Gasteiger partial charge is 0.486 e. The Kier molecular flexibility index (Phi) is 3.39. The maximum Gasteiger partial charge on any atom is 0.127 e. The Morgan fingerprint density at radius 1 is 1.37 bits per heavy atom. The van der Waals surface area contributed by atoms with Gasteiger partial charge in [-0.1, -0.05) is 35.8 Å². The third kappa shape index (κ3) is 2.67. The molecule has 0 saturated carbocycles. The molecule has 1 aromatic rings. The van der Waals surface area contributed by atoms with Gasteiger partial charge in [-0.15, -0.1) is 0 Å². The van der Waals surface area contributed by atoms with Crippen molar-refractivity contribution >= 4 is 27.7 Å². The van der Waals surface area contributed by atoms with E-state index in [2.05, 4.69) is 29.8 Å². The molecule has 2 nitrogen and oxygen atoms in total. The Morgan fingerprint density at radius 3 is 2.89 bits per heavy atom. The smallest absolute Gasteiger partial charge is 0.127 e. The normalized spacial score (nSPS) is 32.7. The fourth-order valence-corrected chi connectivity index (χ4v) is 5.04. The highest BCUT2D eigenvalue weighted by atomic mass is 79.9. The Morgan fingerprint density at radius 2 is 2.16 bits per heavy atom. The molecule has 1 spiro atoms. The summed E-state index contributed by atoms with van der Waals surface area (Å²) in [4.78, 5) is 0. The quantitative estimate of drug-likeness (QED) is 0.767. The summed E-state index contributed by atoms with van der Waals surface area (Å²) >= 11 is 5.42. The number of fused-ring (bicyclic) bond motifs is 1. The van der Waals surface area contributed by atoms with Crippen LogP contribution in [0.2, 0.25) is 0 Å². The number of rotatable bonds is 0. The molecule has 1 unspecified atom stereocenters. The van der Waals surface area contributed by atoms with Crippen molar-refractivity contribution in [2.24, 2.45) is 5.41 Å². The van der Waals surface area contributed by atoms with Gasteiger partial charge in [-0.25, -0.2) is 0 Å². The van der Waals surface area contributed by atoms with Crippen LogP contribution in [0.3, 0.4) is 0 Å². The maximum absolute atomic E-state index is 10.4. The zero-order valence-corrected chi connectivity index (χ0v) is 13.7. The molecule has 0 aromatic heterocycles. The lowest BCUT2D eigenvalue weighted by Gasteiger charge is -2.48. The van der Waals surface area contributed by atoms with Crippen LogP contribution in [0, 0.1) is 5.41 Å². The number of aliphatic hydroxyl groups excluding tert-OH is 1. The average molecular weight is 343 g/mol. The number of aliphatic hydroxyl groups is 1. The van der Waals surface area contributed by atoms with E-state index in [1.54, 1.807) is 0 Å². The molecular weight excluding hydrogens is 324 g/mol. The molecule has 2 atom stereocenters. The lowest BCUT2D eigenvalue weighted by molar-refractivity contribution is -0.0255. The van der Waals surface area contributed by atoms with Gasteiger partial charge in [-0.05, 0) is 29.7 Å². The first kappa shape index (κ1) is 13.8. The fraction of sp³-hybridized carbons (Fsp3) is 0.600. The van der Waals surface area contributed by atoms with Crippen molar-refractivity contribution in [1.82, 2.24) is 0 Å². The molecule has 1 aromatic carbocycles. The van der Waals surface area contributed by atoms with Crippen LogP contribution in [0.1, 0.15) is 38.4 Å². The lowest BCUT2D eigenvalue weighted by Crippen LogP contribution is -2.50. The van der Waals surface area contributed by atoms with E-state index in [9.17, 15) is 5.11 Å². The molecular formula is C15H19BrO2S. The molecule has 2 aliphatic heterocycles. The minimum absolute atomic E-state index is 0.209. The van der Waals surface area contributed by atoms with Gasteiger partial charge in [0.15, 0.2) is 0 Å². The summed E-state index contributed by atoms with van der Waals surface area (Å²) < 4.78 is 7.33. The topological polar surface area (TPSA) is 29.5 Å². The van der Waals surface area contributed by atoms with E-state index >= 15 is 0 Å². The summed E-state index contributed by atoms with van der Waals surface area (Å²) in [6, 6.07) is 5.90. The van der Waals surface area contributed by atoms with Gasteiger partial charge in [0, 0.05) is 22.2 Å². The molecule has 1 N–H and O–H groups in total. The molecule has 2 aliphatic rings. The Labute approximate surface area is 127 Å². The second-order valence-corrected chi connectivity index (χ2v) is 8.42. The molecule has 1 fully saturated rings. The Bertz CT molecular complexity index is 503. The predicted octanol–water partition coefficient (Wildman–Crippen LogP) is 4.17. The number of hydrogen-bond acceptors (Lipinski definition) is 3. The summed E-state index contributed by atoms with van der Waals surface area (Å²) in [5, 5.41) is 10.4. The number of benzene rings is 1. The van der Waals surface area contributed by atoms with E-state index in [1.807, 2.05) is 30.0 Å². The highest BCUT2D eigenvalue weighted by Crippen LogP contribution is 2.49. The average Bonchev–Trinajstić information content (AvgIpc) is 2.25. The minimum Gasteiger partial charge on any atom is -0.486 e. The molecule has 104 valence electrons. The van der Waals surface area contributed by atoms with E-state index < -0.39 is 6.10 Å². The zero-order chi connectivity index (χ0) is 13.7. The van der Waals surface area contributed by atoms with Crippen LogP contribution in [-0.2, 0) is 0 Å². The third-order valence-electron chi connectivity index (χ3n) is 3.89. The van der Waals surface area contributed by atoms with Crippen molar-refractivity contribution in [2.45, 2.75) is 38.4 Å². The van der Waals surface area contributed by atoms with Crippen molar-refractivity contribution in [3.63, 3.8) is 0 Å². The highest BCUT2D eigenvalue weighted by molar-refractivity contribution is 9.10. The standard InChI is InChI=1S/C15H19BrO2S/c1-14(2)7-15(9-19-8-14)6-12(17)11-4-3-10(16)5-13(11)18-15/h3-5,12,17H,6-9H2,1-2H3/t12-,15?/m1/s1. The summed E-state index contributed by atoms with van der Waals surface area (Å²) in [6.07, 6.45) is 1.31. The van der Waals surface area contributed by atoms with Gasteiger partial charge in [0.1, 0.15) is 11.4 Å². The maximum atomic E-state index is 10.4. The zero-order valence-electron chi connectivity index (χ0n) is 11.3. The van der Waals surface area contributed by atoms with Crippen molar-refractivity contribution in [2.75, 3.05) is 11.5 Å². The van der Waals surface area contributed by atoms with Crippen LogP contribution in [0.25, 0.3) is 0 Å². The Hall–Kier alpha value is -0.190. The van der Waals surface area contributed by atoms with Crippen LogP contribution in [0.15, 0.2) is 22.7 Å². The van der Waals surface area contributed by atoms with Gasteiger partial charge in [0.2, 0.25) is 0 Å². The van der Waals surface area contributed by atoms with Crippen molar-refractivity contribution < 1.29 is 9.84 Å². The van der Waals surface area contributed by atoms with Crippen LogP contribution in [-0.4, -0.2) is 22.2 Å². The third-order valence-corrected chi connectivity index (χ3v) is 6.09. The van der Waals surface area contributed by atoms with Crippen molar-refractivity contribution in [3.8, 4) is 5.75 Å². The molecule has 0 aliphatic carbocycles. The monoisotopic (exact) mass is 342 g/mol. The van der Waals surface area contributed by atoms with E-state index in [1.165, 1.54) is 5.75 Å². The van der Waals surface area contributed by atoms with Gasteiger partial charge >= 0.3 is 0 Å². The van der Waals surface area contributed by atoms with Crippen LogP contribution in [0.4, 0.5) is 0 Å². The van der Waals surface area contributed by atoms with Crippen molar-refractivity contribution in [1.29, 1.82) is 0 Å². The van der Waals surface area contributed by atoms with E-state index in [0.717, 1.165) is 28.0 Å². The molecule has 4 heteroatoms. The number of ether oxygens (including phenoxy) is 1. The van der Waals surface area contributed by atoms with Gasteiger partial charge < -0.3 is 9.84 Å². The summed E-state index contributed by atoms with van der Waals surface area (Å²) in [5.41, 5.74) is 0.980. The molecule has 19 heavy (non-hydrogen) atoms. The van der Waals surface area contributed by atoms with E-state index in [-0.39, 0.29) is 11.0 Å². The van der Waals surface area contributed by atoms with Crippen LogP contribution in [0.5, 0.6) is 5.75 Å². The second-order valence-electron chi connectivity index (χ2n) is 6.52. The fourth-order valence-electron chi connectivity index (χ4n) is 3.29. The van der Waals surface area contributed by atoms with E-state index in [4.69, 9.17) is 4.74 Å². The number of halogens is 1. The summed E-state index contributed by atoms with van der Waals surface area (Å²) in [7, 11) is 0. The van der Waals surface area contributed by atoms with Gasteiger partial charge in [0.05, 0.1) is 6.10 Å². The molecule has 0 bridgehead atoms. The minimum atomic E-state index is -0.411. The first-order chi connectivity index (χ1) is 8.89. The molecule has 0 amide bonds. The van der Waals surface area contributed by atoms with Crippen molar-refractivity contribution in [3.05, 3.63) is 28.2 Å². The first-order valence-electron chi connectivity index (χ1n) is 6.64. The van der Waals surface area contributed by atoms with Gasteiger partial charge in [-0.3, -0.25) is 0 Å². The van der Waals surface area contributed by atoms with Gasteiger partial charge in [0.25, 0.3) is 0 Å². The Balaban J connectivity index is 1.95. The van der Waals surface area contributed by atoms with E-state index in [0.29, 0.717) is 6.42 Å². The molecule has 1 saturated heterocycles.